The van der Waals surface area contributed by atoms with Gasteiger partial charge in [-0.3, -0.25) is 5.10 Å². The summed E-state index contributed by atoms with van der Waals surface area (Å²) in [6.07, 6.45) is 0. The standard InChI is InChI=1S/C19H16ClN5O3S/c1-26-14-6-4-3-5-12(14)18-24-22-16(28-18)10-29-19-21-17(23-25-19)13-9-11(20)7-8-15(13)27-2/h3-9H,10H2,1-2H3,(H,21,23,25). The summed E-state index contributed by atoms with van der Waals surface area (Å²) in [7, 11) is 3.19. The zero-order chi connectivity index (χ0) is 20.2. The van der Waals surface area contributed by atoms with Crippen LogP contribution in [0.3, 0.4) is 0 Å². The Morgan fingerprint density at radius 1 is 1.03 bits per heavy atom. The SMILES string of the molecule is COc1ccc(Cl)cc1-c1nc(SCc2nnc(-c3ccccc3OC)o2)n[nH]1. The Morgan fingerprint density at radius 3 is 2.66 bits per heavy atom. The molecule has 8 nitrogen and oxygen atoms in total. The predicted molar refractivity (Wildman–Crippen MR) is 109 cm³/mol. The lowest BCUT2D eigenvalue weighted by atomic mass is 10.2. The van der Waals surface area contributed by atoms with Crippen LogP contribution in [-0.2, 0) is 5.75 Å². The average Bonchev–Trinajstić information content (AvgIpc) is 3.42. The molecule has 0 saturated carbocycles. The number of aromatic nitrogens is 5. The first-order valence-corrected chi connectivity index (χ1v) is 9.89. The molecule has 4 aromatic rings. The van der Waals surface area contributed by atoms with Gasteiger partial charge in [-0.15, -0.1) is 15.3 Å². The zero-order valence-corrected chi connectivity index (χ0v) is 17.1. The van der Waals surface area contributed by atoms with E-state index in [4.69, 9.17) is 25.5 Å². The van der Waals surface area contributed by atoms with Crippen LogP contribution in [0.4, 0.5) is 0 Å². The fraction of sp³-hybridized carbons (Fsp3) is 0.158. The smallest absolute Gasteiger partial charge is 0.251 e. The third-order valence-electron chi connectivity index (χ3n) is 4.01. The molecule has 0 atom stereocenters. The Morgan fingerprint density at radius 2 is 1.83 bits per heavy atom. The average molecular weight is 430 g/mol. The third-order valence-corrected chi connectivity index (χ3v) is 5.08. The van der Waals surface area contributed by atoms with Gasteiger partial charge in [0.15, 0.2) is 5.82 Å². The first-order chi connectivity index (χ1) is 14.2. The number of aromatic amines is 1. The molecular formula is C19H16ClN5O3S. The summed E-state index contributed by atoms with van der Waals surface area (Å²) in [5.74, 6) is 3.17. The number of ether oxygens (including phenoxy) is 2. The highest BCUT2D eigenvalue weighted by molar-refractivity contribution is 7.98. The van der Waals surface area contributed by atoms with Gasteiger partial charge in [-0.1, -0.05) is 35.5 Å². The monoisotopic (exact) mass is 429 g/mol. The fourth-order valence-electron chi connectivity index (χ4n) is 2.67. The highest BCUT2D eigenvalue weighted by Crippen LogP contribution is 2.32. The van der Waals surface area contributed by atoms with Crippen LogP contribution in [0.2, 0.25) is 5.02 Å². The molecule has 148 valence electrons. The van der Waals surface area contributed by atoms with Crippen molar-refractivity contribution in [1.29, 1.82) is 0 Å². The van der Waals surface area contributed by atoms with Crippen molar-refractivity contribution in [1.82, 2.24) is 25.4 Å². The van der Waals surface area contributed by atoms with Gasteiger partial charge in [0.25, 0.3) is 5.89 Å². The van der Waals surface area contributed by atoms with Gasteiger partial charge >= 0.3 is 0 Å². The van der Waals surface area contributed by atoms with E-state index in [1.807, 2.05) is 24.3 Å². The van der Waals surface area contributed by atoms with Gasteiger partial charge < -0.3 is 13.9 Å². The van der Waals surface area contributed by atoms with Crippen LogP contribution >= 0.6 is 23.4 Å². The largest absolute Gasteiger partial charge is 0.496 e. The molecule has 0 fully saturated rings. The number of benzene rings is 2. The van der Waals surface area contributed by atoms with Crippen molar-refractivity contribution >= 4 is 23.4 Å². The van der Waals surface area contributed by atoms with Gasteiger partial charge in [-0.2, -0.15) is 0 Å². The maximum absolute atomic E-state index is 6.09. The van der Waals surface area contributed by atoms with E-state index in [1.165, 1.54) is 11.8 Å². The summed E-state index contributed by atoms with van der Waals surface area (Å²) in [4.78, 5) is 4.49. The molecule has 0 bridgehead atoms. The maximum Gasteiger partial charge on any atom is 0.251 e. The fourth-order valence-corrected chi connectivity index (χ4v) is 3.47. The predicted octanol–water partition coefficient (Wildman–Crippen LogP) is 4.48. The van der Waals surface area contributed by atoms with Crippen molar-refractivity contribution in [2.45, 2.75) is 10.9 Å². The molecule has 0 unspecified atom stereocenters. The van der Waals surface area contributed by atoms with Crippen LogP contribution in [0.1, 0.15) is 5.89 Å². The number of nitrogens with one attached hydrogen (secondary N) is 1. The molecule has 2 aromatic heterocycles. The van der Waals surface area contributed by atoms with Crippen LogP contribution in [-0.4, -0.2) is 39.6 Å². The minimum absolute atomic E-state index is 0.400. The van der Waals surface area contributed by atoms with Crippen molar-refractivity contribution in [2.24, 2.45) is 0 Å². The van der Waals surface area contributed by atoms with Crippen LogP contribution < -0.4 is 9.47 Å². The summed E-state index contributed by atoms with van der Waals surface area (Å²) in [5.41, 5.74) is 1.47. The lowest BCUT2D eigenvalue weighted by Gasteiger charge is -2.05. The summed E-state index contributed by atoms with van der Waals surface area (Å²) < 4.78 is 16.4. The minimum atomic E-state index is 0.400. The number of hydrogen-bond donors (Lipinski definition) is 1. The lowest BCUT2D eigenvalue weighted by molar-refractivity contribution is 0.414. The molecule has 0 spiro atoms. The molecule has 0 radical (unpaired) electrons. The number of hydrogen-bond acceptors (Lipinski definition) is 8. The second-order valence-corrected chi connectivity index (χ2v) is 7.18. The van der Waals surface area contributed by atoms with E-state index in [-0.39, 0.29) is 0 Å². The molecule has 0 aliphatic heterocycles. The summed E-state index contributed by atoms with van der Waals surface area (Å²) >= 11 is 7.46. The third kappa shape index (κ3) is 4.20. The summed E-state index contributed by atoms with van der Waals surface area (Å²) in [5, 5.41) is 16.4. The van der Waals surface area contributed by atoms with Gasteiger partial charge in [0.2, 0.25) is 11.0 Å². The van der Waals surface area contributed by atoms with Crippen molar-refractivity contribution in [3.63, 3.8) is 0 Å². The van der Waals surface area contributed by atoms with Gasteiger partial charge in [-0.25, -0.2) is 4.98 Å². The summed E-state index contributed by atoms with van der Waals surface area (Å²) in [6.45, 7) is 0. The van der Waals surface area contributed by atoms with Crippen molar-refractivity contribution in [3.8, 4) is 34.3 Å². The van der Waals surface area contributed by atoms with Crippen LogP contribution in [0.15, 0.2) is 52.0 Å². The zero-order valence-electron chi connectivity index (χ0n) is 15.5. The minimum Gasteiger partial charge on any atom is -0.496 e. The number of halogens is 1. The van der Waals surface area contributed by atoms with Crippen molar-refractivity contribution in [3.05, 3.63) is 53.4 Å². The van der Waals surface area contributed by atoms with Crippen LogP contribution in [0.25, 0.3) is 22.8 Å². The van der Waals surface area contributed by atoms with E-state index < -0.39 is 0 Å². The molecule has 0 saturated heterocycles. The Labute approximate surface area is 175 Å². The summed E-state index contributed by atoms with van der Waals surface area (Å²) in [6, 6.07) is 12.8. The van der Waals surface area contributed by atoms with E-state index in [9.17, 15) is 0 Å². The van der Waals surface area contributed by atoms with E-state index in [2.05, 4.69) is 25.4 Å². The molecule has 2 heterocycles. The maximum atomic E-state index is 6.09. The Balaban J connectivity index is 1.47. The normalized spacial score (nSPS) is 10.9. The van der Waals surface area contributed by atoms with E-state index in [0.717, 1.165) is 11.1 Å². The Bertz CT molecular complexity index is 1130. The topological polar surface area (TPSA) is 99.0 Å². The lowest BCUT2D eigenvalue weighted by Crippen LogP contribution is -1.89. The van der Waals surface area contributed by atoms with E-state index in [0.29, 0.717) is 45.0 Å². The molecular weight excluding hydrogens is 414 g/mol. The molecule has 0 amide bonds. The Kier molecular flexibility index (Phi) is 5.68. The molecule has 4 rings (SSSR count). The second kappa shape index (κ2) is 8.54. The number of thioether (sulfide) groups is 1. The van der Waals surface area contributed by atoms with Gasteiger partial charge in [0.1, 0.15) is 11.5 Å². The van der Waals surface area contributed by atoms with Crippen molar-refractivity contribution in [2.75, 3.05) is 14.2 Å². The second-order valence-electron chi connectivity index (χ2n) is 5.80. The Hall–Kier alpha value is -3.04. The van der Waals surface area contributed by atoms with Crippen LogP contribution in [0, 0.1) is 0 Å². The quantitative estimate of drug-likeness (QED) is 0.429. The highest BCUT2D eigenvalue weighted by atomic mass is 35.5. The molecule has 0 aliphatic carbocycles. The van der Waals surface area contributed by atoms with E-state index >= 15 is 0 Å². The number of rotatable bonds is 7. The molecule has 1 N–H and O–H groups in total. The molecule has 10 heteroatoms. The first-order valence-electron chi connectivity index (χ1n) is 8.53. The molecule has 0 aliphatic rings. The number of methoxy groups -OCH3 is 2. The highest BCUT2D eigenvalue weighted by Gasteiger charge is 2.15. The van der Waals surface area contributed by atoms with Crippen LogP contribution in [0.5, 0.6) is 11.5 Å². The van der Waals surface area contributed by atoms with Crippen molar-refractivity contribution < 1.29 is 13.9 Å². The first kappa shape index (κ1) is 19.3. The van der Waals surface area contributed by atoms with Gasteiger partial charge in [0, 0.05) is 5.02 Å². The van der Waals surface area contributed by atoms with Gasteiger partial charge in [-0.05, 0) is 30.3 Å². The van der Waals surface area contributed by atoms with E-state index in [1.54, 1.807) is 32.4 Å². The number of H-pyrrole nitrogens is 1. The number of nitrogens with zero attached hydrogens (tertiary/aromatic N) is 4. The number of para-hydroxylation sites is 1. The molecule has 29 heavy (non-hydrogen) atoms. The molecule has 2 aromatic carbocycles. The van der Waals surface area contributed by atoms with Gasteiger partial charge in [0.05, 0.1) is 31.1 Å².